The molecule has 1 aromatic rings. The summed E-state index contributed by atoms with van der Waals surface area (Å²) in [7, 11) is 0. The maximum Gasteiger partial charge on any atom is 0.325 e. The first-order valence-corrected chi connectivity index (χ1v) is 10.9. The van der Waals surface area contributed by atoms with Crippen molar-refractivity contribution in [3.8, 4) is 0 Å². The highest BCUT2D eigenvalue weighted by molar-refractivity contribution is 14.0. The van der Waals surface area contributed by atoms with Crippen molar-refractivity contribution in [3.05, 3.63) is 42.0 Å². The molecule has 1 aromatic carbocycles. The van der Waals surface area contributed by atoms with Crippen LogP contribution in [0.3, 0.4) is 0 Å². The van der Waals surface area contributed by atoms with Crippen molar-refractivity contribution in [1.29, 1.82) is 0 Å². The molecule has 0 saturated carbocycles. The van der Waals surface area contributed by atoms with Crippen LogP contribution in [0.5, 0.6) is 0 Å². The van der Waals surface area contributed by atoms with Gasteiger partial charge in [-0.3, -0.25) is 14.7 Å². The minimum atomic E-state index is -0.772. The molecule has 0 aliphatic carbocycles. The molecule has 2 N–H and O–H groups in total. The van der Waals surface area contributed by atoms with E-state index >= 15 is 0 Å². The average molecular weight is 539 g/mol. The molecule has 0 aromatic heterocycles. The van der Waals surface area contributed by atoms with Crippen molar-refractivity contribution in [2.75, 3.05) is 32.7 Å². The van der Waals surface area contributed by atoms with E-state index in [9.17, 15) is 9.59 Å². The van der Waals surface area contributed by atoms with Crippen LogP contribution in [-0.2, 0) is 4.79 Å². The van der Waals surface area contributed by atoms with Gasteiger partial charge in [0.05, 0.1) is 0 Å². The summed E-state index contributed by atoms with van der Waals surface area (Å²) < 4.78 is 0. The van der Waals surface area contributed by atoms with Gasteiger partial charge < -0.3 is 15.5 Å². The standard InChI is InChI=1S/C23H33N5O2.HI/c1-4-23(3)20(29)28(22(30)26-23)15-9-14-25-21(24-5-2)27-16-12-19(13-17-27)18-10-7-6-8-11-18;/h6-8,10-12H,4-5,9,13-17H2,1-3H3,(H,24,25)(H,26,30);1H. The Morgan fingerprint density at radius 2 is 1.97 bits per heavy atom. The first kappa shape index (κ1) is 25.2. The lowest BCUT2D eigenvalue weighted by atomic mass is 9.99. The van der Waals surface area contributed by atoms with Crippen LogP contribution in [-0.4, -0.2) is 66.0 Å². The zero-order chi connectivity index (χ0) is 21.6. The van der Waals surface area contributed by atoms with Crippen molar-refractivity contribution in [2.45, 2.75) is 45.6 Å². The Hall–Kier alpha value is -2.10. The van der Waals surface area contributed by atoms with Crippen molar-refractivity contribution < 1.29 is 9.59 Å². The molecule has 0 bridgehead atoms. The zero-order valence-corrected chi connectivity index (χ0v) is 21.0. The summed E-state index contributed by atoms with van der Waals surface area (Å²) in [5, 5.41) is 6.16. The van der Waals surface area contributed by atoms with Crippen LogP contribution >= 0.6 is 24.0 Å². The van der Waals surface area contributed by atoms with Crippen molar-refractivity contribution in [1.82, 2.24) is 20.4 Å². The Morgan fingerprint density at radius 1 is 1.23 bits per heavy atom. The Balaban J connectivity index is 0.00000341. The van der Waals surface area contributed by atoms with E-state index in [1.54, 1.807) is 6.92 Å². The molecule has 2 heterocycles. The number of nitrogens with zero attached hydrogens (tertiary/aromatic N) is 3. The number of urea groups is 1. The van der Waals surface area contributed by atoms with Crippen molar-refractivity contribution in [2.24, 2.45) is 4.99 Å². The van der Waals surface area contributed by atoms with Crippen molar-refractivity contribution in [3.63, 3.8) is 0 Å². The lowest BCUT2D eigenvalue weighted by Crippen LogP contribution is -2.43. The van der Waals surface area contributed by atoms with E-state index in [-0.39, 0.29) is 35.9 Å². The number of hydrogen-bond donors (Lipinski definition) is 2. The third kappa shape index (κ3) is 5.99. The number of carbonyl (C=O) groups excluding carboxylic acids is 2. The minimum absolute atomic E-state index is 0. The van der Waals surface area contributed by atoms with E-state index in [0.29, 0.717) is 25.9 Å². The number of amides is 3. The molecule has 1 unspecified atom stereocenters. The summed E-state index contributed by atoms with van der Waals surface area (Å²) in [6.07, 6.45) is 4.48. The fraction of sp³-hybridized carbons (Fsp3) is 0.522. The van der Waals surface area contributed by atoms with Gasteiger partial charge in [0.15, 0.2) is 5.96 Å². The summed E-state index contributed by atoms with van der Waals surface area (Å²) >= 11 is 0. The van der Waals surface area contributed by atoms with E-state index in [4.69, 9.17) is 4.99 Å². The van der Waals surface area contributed by atoms with Crippen LogP contribution < -0.4 is 10.6 Å². The SMILES string of the molecule is CCNC(=NCCCN1C(=O)NC(C)(CC)C1=O)N1CC=C(c2ccccc2)CC1.I. The van der Waals surface area contributed by atoms with Gasteiger partial charge in [0.25, 0.3) is 5.91 Å². The van der Waals surface area contributed by atoms with E-state index in [1.165, 1.54) is 16.0 Å². The molecular formula is C23H34IN5O2. The number of guanidine groups is 1. The molecule has 7 nitrogen and oxygen atoms in total. The Bertz CT molecular complexity index is 827. The second-order valence-electron chi connectivity index (χ2n) is 7.95. The second-order valence-corrected chi connectivity index (χ2v) is 7.95. The molecule has 1 atom stereocenters. The smallest absolute Gasteiger partial charge is 0.325 e. The van der Waals surface area contributed by atoms with Crippen LogP contribution in [0, 0.1) is 0 Å². The number of rotatable bonds is 7. The Morgan fingerprint density at radius 3 is 2.55 bits per heavy atom. The van der Waals surface area contributed by atoms with E-state index in [2.05, 4.69) is 52.8 Å². The quantitative estimate of drug-likeness (QED) is 0.183. The van der Waals surface area contributed by atoms with Crippen molar-refractivity contribution >= 4 is 47.4 Å². The predicted molar refractivity (Wildman–Crippen MR) is 136 cm³/mol. The van der Waals surface area contributed by atoms with Gasteiger partial charge in [0.2, 0.25) is 0 Å². The zero-order valence-electron chi connectivity index (χ0n) is 18.7. The van der Waals surface area contributed by atoms with Gasteiger partial charge in [-0.15, -0.1) is 24.0 Å². The third-order valence-electron chi connectivity index (χ3n) is 5.84. The van der Waals surface area contributed by atoms with Gasteiger partial charge in [-0.2, -0.15) is 0 Å². The van der Waals surface area contributed by atoms with E-state index in [0.717, 1.165) is 32.0 Å². The number of halogens is 1. The van der Waals surface area contributed by atoms with Gasteiger partial charge >= 0.3 is 6.03 Å². The topological polar surface area (TPSA) is 77.0 Å². The number of aliphatic imine (C=N–C) groups is 1. The van der Waals surface area contributed by atoms with Gasteiger partial charge in [0.1, 0.15) is 5.54 Å². The first-order valence-electron chi connectivity index (χ1n) is 10.9. The summed E-state index contributed by atoms with van der Waals surface area (Å²) in [6.45, 7) is 9.23. The average Bonchev–Trinajstić information content (AvgIpc) is 2.99. The number of imide groups is 1. The van der Waals surface area contributed by atoms with Crippen LogP contribution in [0.25, 0.3) is 5.57 Å². The molecule has 3 rings (SSSR count). The van der Waals surface area contributed by atoms with Gasteiger partial charge in [-0.25, -0.2) is 4.79 Å². The molecule has 2 aliphatic heterocycles. The highest BCUT2D eigenvalue weighted by Gasteiger charge is 2.45. The van der Waals surface area contributed by atoms with Gasteiger partial charge in [0, 0.05) is 32.7 Å². The lowest BCUT2D eigenvalue weighted by molar-refractivity contribution is -0.130. The molecule has 1 fully saturated rings. The summed E-state index contributed by atoms with van der Waals surface area (Å²) in [5.41, 5.74) is 1.89. The predicted octanol–water partition coefficient (Wildman–Crippen LogP) is 3.47. The first-order chi connectivity index (χ1) is 14.5. The van der Waals surface area contributed by atoms with Gasteiger partial charge in [-0.1, -0.05) is 43.3 Å². The van der Waals surface area contributed by atoms with Gasteiger partial charge in [-0.05, 0) is 44.2 Å². The molecule has 1 saturated heterocycles. The Kier molecular flexibility index (Phi) is 9.33. The maximum atomic E-state index is 12.5. The molecule has 3 amide bonds. The molecule has 0 radical (unpaired) electrons. The maximum absolute atomic E-state index is 12.5. The highest BCUT2D eigenvalue weighted by Crippen LogP contribution is 2.22. The highest BCUT2D eigenvalue weighted by atomic mass is 127. The van der Waals surface area contributed by atoms with E-state index < -0.39 is 5.54 Å². The Labute approximate surface area is 202 Å². The molecule has 170 valence electrons. The number of carbonyl (C=O) groups is 2. The van der Waals surface area contributed by atoms with Crippen LogP contribution in [0.15, 0.2) is 41.4 Å². The fourth-order valence-corrected chi connectivity index (χ4v) is 3.81. The molecule has 8 heteroatoms. The summed E-state index contributed by atoms with van der Waals surface area (Å²) in [6, 6.07) is 10.2. The normalized spacial score (nSPS) is 21.5. The largest absolute Gasteiger partial charge is 0.357 e. The fourth-order valence-electron chi connectivity index (χ4n) is 3.81. The third-order valence-corrected chi connectivity index (χ3v) is 5.84. The molecule has 31 heavy (non-hydrogen) atoms. The number of benzene rings is 1. The van der Waals surface area contributed by atoms with Crippen LogP contribution in [0.2, 0.25) is 0 Å². The van der Waals surface area contributed by atoms with E-state index in [1.807, 2.05) is 13.0 Å². The monoisotopic (exact) mass is 539 g/mol. The summed E-state index contributed by atoms with van der Waals surface area (Å²) in [4.78, 5) is 32.9. The molecule has 2 aliphatic rings. The lowest BCUT2D eigenvalue weighted by Gasteiger charge is -2.30. The minimum Gasteiger partial charge on any atom is -0.357 e. The second kappa shape index (κ2) is 11.5. The van der Waals surface area contributed by atoms with Crippen LogP contribution in [0.1, 0.15) is 45.6 Å². The molecule has 0 spiro atoms. The summed E-state index contributed by atoms with van der Waals surface area (Å²) in [5.74, 6) is 0.747. The van der Waals surface area contributed by atoms with Crippen LogP contribution in [0.4, 0.5) is 4.79 Å². The molecular weight excluding hydrogens is 505 g/mol. The number of hydrogen-bond acceptors (Lipinski definition) is 3. The number of nitrogens with one attached hydrogen (secondary N) is 2.